The van der Waals surface area contributed by atoms with Crippen molar-refractivity contribution in [2.24, 2.45) is 0 Å². The number of aromatic nitrogens is 1. The van der Waals surface area contributed by atoms with Crippen LogP contribution in [0.3, 0.4) is 0 Å². The normalized spacial score (nSPS) is 11.2. The van der Waals surface area contributed by atoms with E-state index in [1.165, 1.54) is 12.1 Å². The maximum absolute atomic E-state index is 13.4. The number of nitrogens with one attached hydrogen (secondary N) is 2. The fourth-order valence-electron chi connectivity index (χ4n) is 3.27. The molecule has 8 nitrogen and oxygen atoms in total. The SMILES string of the molecule is O=C(CCCCCNC(=O)/C(=C\c1ccc(CS)cc1)c1ccc(F)cc1)Nc1ncc([N+](=O)[O-])s1. The first-order valence-corrected chi connectivity index (χ1v) is 12.7. The van der Waals surface area contributed by atoms with Gasteiger partial charge >= 0.3 is 5.00 Å². The lowest BCUT2D eigenvalue weighted by atomic mass is 10.0. The van der Waals surface area contributed by atoms with Crippen molar-refractivity contribution in [3.05, 3.63) is 87.3 Å². The summed E-state index contributed by atoms with van der Waals surface area (Å²) in [7, 11) is 0. The molecule has 188 valence electrons. The number of nitrogens with zero attached hydrogens (tertiary/aromatic N) is 2. The second-order valence-electron chi connectivity index (χ2n) is 7.84. The van der Waals surface area contributed by atoms with Crippen LogP contribution in [0.25, 0.3) is 11.6 Å². The summed E-state index contributed by atoms with van der Waals surface area (Å²) in [5, 5.41) is 16.2. The Balaban J connectivity index is 1.49. The lowest BCUT2D eigenvalue weighted by Gasteiger charge is -2.10. The van der Waals surface area contributed by atoms with Gasteiger partial charge in [-0.2, -0.15) is 12.6 Å². The second kappa shape index (κ2) is 13.5. The van der Waals surface area contributed by atoms with E-state index in [-0.39, 0.29) is 34.2 Å². The highest BCUT2D eigenvalue weighted by atomic mass is 32.1. The minimum Gasteiger partial charge on any atom is -0.352 e. The number of carbonyl (C=O) groups excluding carboxylic acids is 2. The fourth-order valence-corrected chi connectivity index (χ4v) is 4.13. The molecule has 0 bridgehead atoms. The predicted molar refractivity (Wildman–Crippen MR) is 142 cm³/mol. The van der Waals surface area contributed by atoms with E-state index in [4.69, 9.17) is 0 Å². The third-order valence-corrected chi connectivity index (χ3v) is 6.39. The number of hydrogen-bond acceptors (Lipinski definition) is 7. The zero-order valence-corrected chi connectivity index (χ0v) is 21.0. The number of amides is 2. The van der Waals surface area contributed by atoms with E-state index in [2.05, 4.69) is 28.2 Å². The Morgan fingerprint density at radius 1 is 1.08 bits per heavy atom. The first kappa shape index (κ1) is 27.0. The Bertz CT molecular complexity index is 1230. The van der Waals surface area contributed by atoms with Crippen molar-refractivity contribution in [3.63, 3.8) is 0 Å². The Morgan fingerprint density at radius 3 is 2.44 bits per heavy atom. The van der Waals surface area contributed by atoms with Crippen molar-refractivity contribution in [1.82, 2.24) is 10.3 Å². The van der Waals surface area contributed by atoms with Crippen LogP contribution < -0.4 is 10.6 Å². The summed E-state index contributed by atoms with van der Waals surface area (Å²) in [6.45, 7) is 0.413. The maximum Gasteiger partial charge on any atom is 0.345 e. The third-order valence-electron chi connectivity index (χ3n) is 5.16. The molecule has 2 aromatic carbocycles. The van der Waals surface area contributed by atoms with Crippen molar-refractivity contribution in [2.45, 2.75) is 31.4 Å². The summed E-state index contributed by atoms with van der Waals surface area (Å²) < 4.78 is 13.4. The van der Waals surface area contributed by atoms with Gasteiger partial charge in [0.05, 0.1) is 4.92 Å². The van der Waals surface area contributed by atoms with E-state index in [1.54, 1.807) is 18.2 Å². The topological polar surface area (TPSA) is 114 Å². The largest absolute Gasteiger partial charge is 0.352 e. The number of benzene rings is 2. The molecule has 0 atom stereocenters. The Kier molecular flexibility index (Phi) is 10.1. The fraction of sp³-hybridized carbons (Fsp3) is 0.240. The van der Waals surface area contributed by atoms with E-state index in [0.717, 1.165) is 28.7 Å². The van der Waals surface area contributed by atoms with Gasteiger partial charge in [0.1, 0.15) is 12.0 Å². The van der Waals surface area contributed by atoms with Crippen molar-refractivity contribution in [2.75, 3.05) is 11.9 Å². The van der Waals surface area contributed by atoms with Crippen LogP contribution in [0, 0.1) is 15.9 Å². The molecule has 0 aliphatic carbocycles. The first-order chi connectivity index (χ1) is 17.4. The van der Waals surface area contributed by atoms with Gasteiger partial charge in [-0.1, -0.05) is 42.8 Å². The average molecular weight is 529 g/mol. The summed E-state index contributed by atoms with van der Waals surface area (Å²) in [6.07, 6.45) is 5.06. The lowest BCUT2D eigenvalue weighted by Crippen LogP contribution is -2.25. The standard InChI is InChI=1S/C25H25FN4O4S2/c26-20-11-9-19(10-12-20)21(14-17-5-7-18(16-35)8-6-17)24(32)27-13-3-1-2-4-22(31)29-25-28-15-23(36-25)30(33)34/h5-12,14-15,35H,1-4,13,16H2,(H,27,32)(H,28,29,31)/b21-14-. The Hall–Kier alpha value is -3.57. The summed E-state index contributed by atoms with van der Waals surface area (Å²) in [5.74, 6) is -0.310. The van der Waals surface area contributed by atoms with Gasteiger partial charge < -0.3 is 10.6 Å². The molecular weight excluding hydrogens is 503 g/mol. The van der Waals surface area contributed by atoms with Crippen LogP contribution in [0.1, 0.15) is 42.4 Å². The van der Waals surface area contributed by atoms with Gasteiger partial charge in [0, 0.05) is 24.3 Å². The van der Waals surface area contributed by atoms with Crippen LogP contribution >= 0.6 is 24.0 Å². The molecule has 36 heavy (non-hydrogen) atoms. The number of nitro groups is 1. The number of hydrogen-bond donors (Lipinski definition) is 3. The molecular formula is C25H25FN4O4S2. The Morgan fingerprint density at radius 2 is 1.81 bits per heavy atom. The van der Waals surface area contributed by atoms with Gasteiger partial charge in [0.25, 0.3) is 5.91 Å². The molecule has 1 heterocycles. The Labute approximate surface area is 217 Å². The monoisotopic (exact) mass is 528 g/mol. The van der Waals surface area contributed by atoms with Gasteiger partial charge in [-0.25, -0.2) is 9.37 Å². The van der Waals surface area contributed by atoms with Gasteiger partial charge in [-0.15, -0.1) is 0 Å². The highest BCUT2D eigenvalue weighted by Crippen LogP contribution is 2.25. The molecule has 0 fully saturated rings. The van der Waals surface area contributed by atoms with E-state index >= 15 is 0 Å². The van der Waals surface area contributed by atoms with E-state index in [0.29, 0.717) is 42.7 Å². The van der Waals surface area contributed by atoms with E-state index in [1.807, 2.05) is 24.3 Å². The van der Waals surface area contributed by atoms with Crippen LogP contribution in [0.5, 0.6) is 0 Å². The van der Waals surface area contributed by atoms with Gasteiger partial charge in [-0.3, -0.25) is 19.7 Å². The molecule has 11 heteroatoms. The van der Waals surface area contributed by atoms with Crippen LogP contribution in [-0.2, 0) is 15.3 Å². The van der Waals surface area contributed by atoms with Crippen LogP contribution in [0.4, 0.5) is 14.5 Å². The molecule has 3 rings (SSSR count). The second-order valence-corrected chi connectivity index (χ2v) is 9.17. The molecule has 0 aliphatic rings. The highest BCUT2D eigenvalue weighted by molar-refractivity contribution is 7.79. The van der Waals surface area contributed by atoms with Crippen molar-refractivity contribution < 1.29 is 18.9 Å². The first-order valence-electron chi connectivity index (χ1n) is 11.2. The number of unbranched alkanes of at least 4 members (excludes halogenated alkanes) is 2. The lowest BCUT2D eigenvalue weighted by molar-refractivity contribution is -0.380. The predicted octanol–water partition coefficient (Wildman–Crippen LogP) is 5.48. The number of anilines is 1. The van der Waals surface area contributed by atoms with Gasteiger partial charge in [-0.05, 0) is 59.1 Å². The van der Waals surface area contributed by atoms with E-state index in [9.17, 15) is 24.1 Å². The van der Waals surface area contributed by atoms with Gasteiger partial charge in [0.2, 0.25) is 5.91 Å². The van der Waals surface area contributed by atoms with Crippen molar-refractivity contribution >= 4 is 57.6 Å². The maximum atomic E-state index is 13.4. The molecule has 3 aromatic rings. The van der Waals surface area contributed by atoms with Crippen LogP contribution in [0.2, 0.25) is 0 Å². The molecule has 2 amide bonds. The number of halogens is 1. The minimum absolute atomic E-state index is 0.134. The average Bonchev–Trinajstić information content (AvgIpc) is 3.34. The summed E-state index contributed by atoms with van der Waals surface area (Å²) in [6, 6.07) is 13.4. The van der Waals surface area contributed by atoms with Crippen LogP contribution in [-0.4, -0.2) is 28.3 Å². The van der Waals surface area contributed by atoms with E-state index < -0.39 is 4.92 Å². The number of rotatable bonds is 12. The van der Waals surface area contributed by atoms with Gasteiger partial charge in [0.15, 0.2) is 5.13 Å². The zero-order valence-electron chi connectivity index (χ0n) is 19.3. The van der Waals surface area contributed by atoms with Crippen molar-refractivity contribution in [3.8, 4) is 0 Å². The number of thiazole rings is 1. The quantitative estimate of drug-likeness (QED) is 0.0720. The highest BCUT2D eigenvalue weighted by Gasteiger charge is 2.14. The minimum atomic E-state index is -0.558. The third kappa shape index (κ3) is 8.28. The molecule has 2 N–H and O–H groups in total. The smallest absolute Gasteiger partial charge is 0.345 e. The molecule has 0 saturated carbocycles. The van der Waals surface area contributed by atoms with Crippen LogP contribution in [0.15, 0.2) is 54.7 Å². The molecule has 1 aromatic heterocycles. The number of carbonyl (C=O) groups is 2. The number of thiol groups is 1. The summed E-state index contributed by atoms with van der Waals surface area (Å²) in [4.78, 5) is 38.9. The molecule has 0 saturated heterocycles. The zero-order chi connectivity index (χ0) is 25.9. The summed E-state index contributed by atoms with van der Waals surface area (Å²) in [5.41, 5.74) is 2.92. The summed E-state index contributed by atoms with van der Waals surface area (Å²) >= 11 is 5.06. The molecule has 0 radical (unpaired) electrons. The molecule has 0 spiro atoms. The molecule has 0 unspecified atom stereocenters. The van der Waals surface area contributed by atoms with Crippen molar-refractivity contribution in [1.29, 1.82) is 0 Å². The molecule has 0 aliphatic heterocycles.